The number of hydrogen-bond donors (Lipinski definition) is 2. The second kappa shape index (κ2) is 4.53. The maximum atomic E-state index is 11.7. The predicted octanol–water partition coefficient (Wildman–Crippen LogP) is 0.954. The van der Waals surface area contributed by atoms with E-state index in [2.05, 4.69) is 17.6 Å². The molecule has 1 saturated carbocycles. The summed E-state index contributed by atoms with van der Waals surface area (Å²) in [6.45, 7) is 2.20. The Bertz CT molecular complexity index is 216. The van der Waals surface area contributed by atoms with Gasteiger partial charge in [0.1, 0.15) is 0 Å². The van der Waals surface area contributed by atoms with E-state index in [0.29, 0.717) is 6.04 Å². The highest BCUT2D eigenvalue weighted by Crippen LogP contribution is 2.34. The van der Waals surface area contributed by atoms with Gasteiger partial charge in [-0.1, -0.05) is 13.3 Å². The van der Waals surface area contributed by atoms with Crippen LogP contribution in [0.25, 0.3) is 0 Å². The van der Waals surface area contributed by atoms with Crippen LogP contribution < -0.4 is 10.6 Å². The molecule has 4 heteroatoms. The van der Waals surface area contributed by atoms with Crippen molar-refractivity contribution < 1.29 is 4.79 Å². The molecule has 0 spiro atoms. The third-order valence-corrected chi connectivity index (χ3v) is 3.88. The summed E-state index contributed by atoms with van der Waals surface area (Å²) in [5.74, 6) is 2.81. The average molecular weight is 214 g/mol. The van der Waals surface area contributed by atoms with Crippen molar-refractivity contribution in [1.82, 2.24) is 10.6 Å². The van der Waals surface area contributed by atoms with Crippen molar-refractivity contribution in [2.75, 3.05) is 11.6 Å². The second-order valence-corrected chi connectivity index (χ2v) is 5.20. The lowest BCUT2D eigenvalue weighted by atomic mass is 10.2. The summed E-state index contributed by atoms with van der Waals surface area (Å²) in [4.78, 5) is 11.7. The van der Waals surface area contributed by atoms with Crippen molar-refractivity contribution in [3.8, 4) is 0 Å². The van der Waals surface area contributed by atoms with Crippen LogP contribution in [-0.4, -0.2) is 29.6 Å². The number of rotatable bonds is 4. The van der Waals surface area contributed by atoms with E-state index in [1.54, 1.807) is 11.8 Å². The van der Waals surface area contributed by atoms with Crippen LogP contribution >= 0.6 is 11.8 Å². The minimum Gasteiger partial charge on any atom is -0.352 e. The molecule has 2 rings (SSSR count). The summed E-state index contributed by atoms with van der Waals surface area (Å²) in [6, 6.07) is 0.540. The maximum absolute atomic E-state index is 11.7. The second-order valence-electron chi connectivity index (χ2n) is 4.17. The third-order valence-electron chi connectivity index (χ3n) is 2.94. The Morgan fingerprint density at radius 1 is 1.64 bits per heavy atom. The van der Waals surface area contributed by atoms with Crippen molar-refractivity contribution in [3.05, 3.63) is 0 Å². The Kier molecular flexibility index (Phi) is 3.34. The van der Waals surface area contributed by atoms with Crippen LogP contribution in [0.1, 0.15) is 26.2 Å². The first kappa shape index (κ1) is 10.3. The molecule has 0 radical (unpaired) electrons. The molecule has 0 bridgehead atoms. The van der Waals surface area contributed by atoms with Gasteiger partial charge in [0.15, 0.2) is 0 Å². The zero-order valence-electron chi connectivity index (χ0n) is 8.58. The molecule has 1 amide bonds. The lowest BCUT2D eigenvalue weighted by molar-refractivity contribution is -0.122. The van der Waals surface area contributed by atoms with E-state index in [4.69, 9.17) is 0 Å². The van der Waals surface area contributed by atoms with Crippen LogP contribution in [-0.2, 0) is 4.79 Å². The zero-order valence-corrected chi connectivity index (χ0v) is 9.40. The molecule has 0 aromatic heterocycles. The van der Waals surface area contributed by atoms with E-state index in [1.807, 2.05) is 0 Å². The standard InChI is InChI=1S/C10H18N2OS/c1-2-3-7-4-8(7)12-10(13)9-5-14-6-11-9/h7-9,11H,2-6H2,1H3,(H,12,13). The zero-order chi connectivity index (χ0) is 9.97. The van der Waals surface area contributed by atoms with E-state index in [1.165, 1.54) is 19.3 Å². The van der Waals surface area contributed by atoms with E-state index in [-0.39, 0.29) is 11.9 Å². The number of carbonyl (C=O) groups is 1. The van der Waals surface area contributed by atoms with Crippen molar-refractivity contribution in [2.45, 2.75) is 38.3 Å². The molecule has 2 N–H and O–H groups in total. The van der Waals surface area contributed by atoms with Crippen molar-refractivity contribution in [2.24, 2.45) is 5.92 Å². The van der Waals surface area contributed by atoms with Gasteiger partial charge in [0, 0.05) is 17.7 Å². The Labute approximate surface area is 89.4 Å². The molecule has 14 heavy (non-hydrogen) atoms. The van der Waals surface area contributed by atoms with Gasteiger partial charge in [-0.3, -0.25) is 10.1 Å². The van der Waals surface area contributed by atoms with Gasteiger partial charge in [0.05, 0.1) is 6.04 Å². The van der Waals surface area contributed by atoms with Crippen molar-refractivity contribution in [1.29, 1.82) is 0 Å². The summed E-state index contributed by atoms with van der Waals surface area (Å²) < 4.78 is 0. The molecule has 80 valence electrons. The summed E-state index contributed by atoms with van der Waals surface area (Å²) in [5.41, 5.74) is 0. The quantitative estimate of drug-likeness (QED) is 0.732. The summed E-state index contributed by atoms with van der Waals surface area (Å²) in [6.07, 6.45) is 3.69. The van der Waals surface area contributed by atoms with Crippen molar-refractivity contribution in [3.63, 3.8) is 0 Å². The lowest BCUT2D eigenvalue weighted by Gasteiger charge is -2.09. The highest BCUT2D eigenvalue weighted by molar-refractivity contribution is 7.99. The average Bonchev–Trinajstić information content (AvgIpc) is 2.71. The van der Waals surface area contributed by atoms with Gasteiger partial charge in [0.2, 0.25) is 5.91 Å². The maximum Gasteiger partial charge on any atom is 0.238 e. The molecule has 3 nitrogen and oxygen atoms in total. The molecule has 1 aliphatic carbocycles. The Balaban J connectivity index is 1.68. The monoisotopic (exact) mass is 214 g/mol. The Morgan fingerprint density at radius 2 is 2.50 bits per heavy atom. The number of thioether (sulfide) groups is 1. The summed E-state index contributed by atoms with van der Waals surface area (Å²) in [5, 5.41) is 6.30. The van der Waals surface area contributed by atoms with Gasteiger partial charge >= 0.3 is 0 Å². The first-order chi connectivity index (χ1) is 6.81. The van der Waals surface area contributed by atoms with E-state index in [0.717, 1.165) is 17.5 Å². The highest BCUT2D eigenvalue weighted by Gasteiger charge is 2.38. The van der Waals surface area contributed by atoms with E-state index in [9.17, 15) is 4.79 Å². The van der Waals surface area contributed by atoms with Crippen LogP contribution in [0.2, 0.25) is 0 Å². The van der Waals surface area contributed by atoms with Crippen LogP contribution in [0, 0.1) is 5.92 Å². The third kappa shape index (κ3) is 2.42. The van der Waals surface area contributed by atoms with Gasteiger partial charge in [-0.15, -0.1) is 11.8 Å². The van der Waals surface area contributed by atoms with Crippen LogP contribution in [0.4, 0.5) is 0 Å². The smallest absolute Gasteiger partial charge is 0.238 e. The minimum absolute atomic E-state index is 0.0582. The highest BCUT2D eigenvalue weighted by atomic mass is 32.2. The first-order valence-corrected chi connectivity index (χ1v) is 6.58. The number of amides is 1. The van der Waals surface area contributed by atoms with Gasteiger partial charge in [-0.05, 0) is 18.8 Å². The van der Waals surface area contributed by atoms with E-state index < -0.39 is 0 Å². The molecular weight excluding hydrogens is 196 g/mol. The number of hydrogen-bond acceptors (Lipinski definition) is 3. The predicted molar refractivity (Wildman–Crippen MR) is 59.2 cm³/mol. The van der Waals surface area contributed by atoms with Crippen molar-refractivity contribution >= 4 is 17.7 Å². The lowest BCUT2D eigenvalue weighted by Crippen LogP contribution is -2.43. The Morgan fingerprint density at radius 3 is 3.14 bits per heavy atom. The van der Waals surface area contributed by atoms with Gasteiger partial charge in [-0.25, -0.2) is 0 Å². The molecule has 2 aliphatic rings. The fourth-order valence-electron chi connectivity index (χ4n) is 1.96. The largest absolute Gasteiger partial charge is 0.352 e. The van der Waals surface area contributed by atoms with Gasteiger partial charge in [-0.2, -0.15) is 0 Å². The van der Waals surface area contributed by atoms with Gasteiger partial charge in [0.25, 0.3) is 0 Å². The molecule has 1 saturated heterocycles. The number of nitrogens with one attached hydrogen (secondary N) is 2. The van der Waals surface area contributed by atoms with Crippen LogP contribution in [0.5, 0.6) is 0 Å². The SMILES string of the molecule is CCCC1CC1NC(=O)C1CSCN1. The molecule has 0 aromatic rings. The molecule has 2 fully saturated rings. The fourth-order valence-corrected chi connectivity index (χ4v) is 2.90. The Hall–Kier alpha value is -0.220. The molecule has 1 heterocycles. The molecule has 1 aliphatic heterocycles. The number of carbonyl (C=O) groups excluding carboxylic acids is 1. The normalized spacial score (nSPS) is 35.6. The summed E-state index contributed by atoms with van der Waals surface area (Å²) >= 11 is 1.80. The van der Waals surface area contributed by atoms with Gasteiger partial charge < -0.3 is 5.32 Å². The molecular formula is C10H18N2OS. The molecule has 0 aromatic carbocycles. The summed E-state index contributed by atoms with van der Waals surface area (Å²) in [7, 11) is 0. The van der Waals surface area contributed by atoms with Crippen LogP contribution in [0.15, 0.2) is 0 Å². The molecule has 3 atom stereocenters. The fraction of sp³-hybridized carbons (Fsp3) is 0.900. The van der Waals surface area contributed by atoms with Crippen LogP contribution in [0.3, 0.4) is 0 Å². The first-order valence-electron chi connectivity index (χ1n) is 5.42. The minimum atomic E-state index is 0.0582. The topological polar surface area (TPSA) is 41.1 Å². The molecule has 3 unspecified atom stereocenters. The van der Waals surface area contributed by atoms with E-state index >= 15 is 0 Å².